The van der Waals surface area contributed by atoms with Crippen LogP contribution in [0.1, 0.15) is 21.1 Å². The van der Waals surface area contributed by atoms with Crippen molar-refractivity contribution in [2.75, 3.05) is 12.4 Å². The molecule has 0 saturated heterocycles. The molecule has 0 aliphatic carbocycles. The van der Waals surface area contributed by atoms with E-state index < -0.39 is 0 Å². The highest BCUT2D eigenvalue weighted by Gasteiger charge is 2.17. The zero-order chi connectivity index (χ0) is 17.3. The molecule has 1 N–H and O–H groups in total. The molecule has 0 atom stereocenters. The lowest BCUT2D eigenvalue weighted by Crippen LogP contribution is -2.13. The Bertz CT molecular complexity index is 898. The van der Waals surface area contributed by atoms with Crippen molar-refractivity contribution in [3.05, 3.63) is 45.9 Å². The number of aromatic nitrogens is 3. The molecule has 0 radical (unpaired) electrons. The van der Waals surface area contributed by atoms with Crippen LogP contribution >= 0.6 is 11.3 Å². The molecule has 0 saturated carbocycles. The largest absolute Gasteiger partial charge is 0.480 e. The second kappa shape index (κ2) is 6.45. The van der Waals surface area contributed by atoms with Crippen LogP contribution in [0.25, 0.3) is 11.3 Å². The molecular formula is C17H18N4O2S. The SMILES string of the molecule is COc1c(NC(=O)c2cccc(-c3csc(C)n3)c2)c(C)nn1C. The molecule has 0 aliphatic rings. The van der Waals surface area contributed by atoms with Crippen molar-refractivity contribution < 1.29 is 9.53 Å². The van der Waals surface area contributed by atoms with Crippen LogP contribution in [0.3, 0.4) is 0 Å². The van der Waals surface area contributed by atoms with Gasteiger partial charge in [-0.2, -0.15) is 5.10 Å². The zero-order valence-corrected chi connectivity index (χ0v) is 14.8. The molecule has 3 rings (SSSR count). The van der Waals surface area contributed by atoms with Crippen LogP contribution in [-0.4, -0.2) is 27.8 Å². The van der Waals surface area contributed by atoms with Gasteiger partial charge in [0.25, 0.3) is 5.91 Å². The third-order valence-electron chi connectivity index (χ3n) is 3.64. The summed E-state index contributed by atoms with van der Waals surface area (Å²) in [7, 11) is 3.32. The van der Waals surface area contributed by atoms with Crippen molar-refractivity contribution in [3.63, 3.8) is 0 Å². The van der Waals surface area contributed by atoms with Gasteiger partial charge in [-0.3, -0.25) is 4.79 Å². The summed E-state index contributed by atoms with van der Waals surface area (Å²) >= 11 is 1.59. The minimum Gasteiger partial charge on any atom is -0.480 e. The third kappa shape index (κ3) is 3.03. The van der Waals surface area contributed by atoms with Gasteiger partial charge in [0.2, 0.25) is 5.88 Å². The number of nitrogens with one attached hydrogen (secondary N) is 1. The summed E-state index contributed by atoms with van der Waals surface area (Å²) in [6.45, 7) is 3.79. The number of ether oxygens (including phenoxy) is 1. The van der Waals surface area contributed by atoms with E-state index >= 15 is 0 Å². The van der Waals surface area contributed by atoms with Crippen LogP contribution in [0.4, 0.5) is 5.69 Å². The average molecular weight is 342 g/mol. The molecule has 24 heavy (non-hydrogen) atoms. The van der Waals surface area contributed by atoms with Gasteiger partial charge < -0.3 is 10.1 Å². The number of rotatable bonds is 4. The molecule has 0 bridgehead atoms. The number of carbonyl (C=O) groups is 1. The lowest BCUT2D eigenvalue weighted by atomic mass is 10.1. The van der Waals surface area contributed by atoms with Crippen LogP contribution < -0.4 is 10.1 Å². The van der Waals surface area contributed by atoms with Crippen LogP contribution in [0.5, 0.6) is 5.88 Å². The fraction of sp³-hybridized carbons (Fsp3) is 0.235. The number of aryl methyl sites for hydroxylation is 3. The average Bonchev–Trinajstić information content (AvgIpc) is 3.11. The van der Waals surface area contributed by atoms with E-state index in [0.29, 0.717) is 22.8 Å². The molecule has 6 nitrogen and oxygen atoms in total. The molecule has 2 aromatic heterocycles. The molecule has 7 heteroatoms. The Morgan fingerprint density at radius 2 is 2.12 bits per heavy atom. The van der Waals surface area contributed by atoms with Crippen molar-refractivity contribution in [1.29, 1.82) is 0 Å². The number of anilines is 1. The van der Waals surface area contributed by atoms with E-state index in [-0.39, 0.29) is 5.91 Å². The first-order valence-electron chi connectivity index (χ1n) is 7.41. The Balaban J connectivity index is 1.89. The van der Waals surface area contributed by atoms with Gasteiger partial charge in [0.15, 0.2) is 0 Å². The van der Waals surface area contributed by atoms with Gasteiger partial charge in [-0.15, -0.1) is 11.3 Å². The molecule has 124 valence electrons. The standard InChI is InChI=1S/C17H18N4O2S/c1-10-15(17(23-4)21(3)20-10)19-16(22)13-7-5-6-12(8-13)14-9-24-11(2)18-14/h5-9H,1-4H3,(H,19,22). The number of nitrogens with zero attached hydrogens (tertiary/aromatic N) is 3. The monoisotopic (exact) mass is 342 g/mol. The van der Waals surface area contributed by atoms with Crippen LogP contribution in [0.15, 0.2) is 29.6 Å². The molecule has 0 unspecified atom stereocenters. The van der Waals surface area contributed by atoms with Crippen LogP contribution in [0.2, 0.25) is 0 Å². The van der Waals surface area contributed by atoms with Gasteiger partial charge >= 0.3 is 0 Å². The van der Waals surface area contributed by atoms with Gasteiger partial charge in [-0.1, -0.05) is 12.1 Å². The highest BCUT2D eigenvalue weighted by atomic mass is 32.1. The summed E-state index contributed by atoms with van der Waals surface area (Å²) in [5.41, 5.74) is 3.64. The van der Waals surface area contributed by atoms with E-state index in [2.05, 4.69) is 15.4 Å². The number of methoxy groups -OCH3 is 1. The Kier molecular flexibility index (Phi) is 4.35. The van der Waals surface area contributed by atoms with Crippen molar-refractivity contribution in [2.24, 2.45) is 7.05 Å². The number of amides is 1. The van der Waals surface area contributed by atoms with Gasteiger partial charge in [-0.25, -0.2) is 9.67 Å². The second-order valence-corrected chi connectivity index (χ2v) is 6.44. The number of hydrogen-bond acceptors (Lipinski definition) is 5. The number of thiazole rings is 1. The quantitative estimate of drug-likeness (QED) is 0.789. The Hall–Kier alpha value is -2.67. The molecule has 0 aliphatic heterocycles. The van der Waals surface area contributed by atoms with E-state index in [1.807, 2.05) is 37.4 Å². The molecule has 2 heterocycles. The minimum atomic E-state index is -0.210. The van der Waals surface area contributed by atoms with Gasteiger partial charge in [0, 0.05) is 23.6 Å². The van der Waals surface area contributed by atoms with Crippen LogP contribution in [-0.2, 0) is 7.05 Å². The number of benzene rings is 1. The summed E-state index contributed by atoms with van der Waals surface area (Å²) < 4.78 is 6.90. The van der Waals surface area contributed by atoms with Crippen molar-refractivity contribution >= 4 is 22.9 Å². The predicted octanol–water partition coefficient (Wildman–Crippen LogP) is 3.42. The molecular weight excluding hydrogens is 324 g/mol. The summed E-state index contributed by atoms with van der Waals surface area (Å²) in [6, 6.07) is 7.41. The normalized spacial score (nSPS) is 10.7. The molecule has 0 spiro atoms. The smallest absolute Gasteiger partial charge is 0.255 e. The lowest BCUT2D eigenvalue weighted by molar-refractivity contribution is 0.102. The molecule has 0 fully saturated rings. The highest BCUT2D eigenvalue weighted by Crippen LogP contribution is 2.28. The first kappa shape index (κ1) is 16.2. The van der Waals surface area contributed by atoms with Crippen molar-refractivity contribution in [3.8, 4) is 17.1 Å². The highest BCUT2D eigenvalue weighted by molar-refractivity contribution is 7.09. The van der Waals surface area contributed by atoms with Gasteiger partial charge in [-0.05, 0) is 26.0 Å². The first-order chi connectivity index (χ1) is 11.5. The summed E-state index contributed by atoms with van der Waals surface area (Å²) in [5, 5.41) is 10.1. The minimum absolute atomic E-state index is 0.210. The summed E-state index contributed by atoms with van der Waals surface area (Å²) in [6.07, 6.45) is 0. The maximum absolute atomic E-state index is 12.6. The Morgan fingerprint density at radius 1 is 1.33 bits per heavy atom. The van der Waals surface area contributed by atoms with Gasteiger partial charge in [0.1, 0.15) is 5.69 Å². The van der Waals surface area contributed by atoms with E-state index in [1.54, 1.807) is 36.2 Å². The molecule has 1 amide bonds. The Labute approximate surface area is 144 Å². The zero-order valence-electron chi connectivity index (χ0n) is 14.0. The van der Waals surface area contributed by atoms with Crippen molar-refractivity contribution in [2.45, 2.75) is 13.8 Å². The lowest BCUT2D eigenvalue weighted by Gasteiger charge is -2.08. The summed E-state index contributed by atoms with van der Waals surface area (Å²) in [5.74, 6) is 0.310. The Morgan fingerprint density at radius 3 is 2.79 bits per heavy atom. The fourth-order valence-corrected chi connectivity index (χ4v) is 3.14. The first-order valence-corrected chi connectivity index (χ1v) is 8.29. The van der Waals surface area contributed by atoms with E-state index in [9.17, 15) is 4.79 Å². The number of carbonyl (C=O) groups excluding carboxylic acids is 1. The predicted molar refractivity (Wildman–Crippen MR) is 94.7 cm³/mol. The summed E-state index contributed by atoms with van der Waals surface area (Å²) in [4.78, 5) is 17.1. The number of hydrogen-bond donors (Lipinski definition) is 1. The van der Waals surface area contributed by atoms with E-state index in [0.717, 1.165) is 16.3 Å². The topological polar surface area (TPSA) is 69.0 Å². The third-order valence-corrected chi connectivity index (χ3v) is 4.41. The van der Waals surface area contributed by atoms with E-state index in [4.69, 9.17) is 4.74 Å². The molecule has 3 aromatic rings. The van der Waals surface area contributed by atoms with Crippen molar-refractivity contribution in [1.82, 2.24) is 14.8 Å². The fourth-order valence-electron chi connectivity index (χ4n) is 2.52. The molecule has 1 aromatic carbocycles. The second-order valence-electron chi connectivity index (χ2n) is 5.38. The maximum Gasteiger partial charge on any atom is 0.255 e. The van der Waals surface area contributed by atoms with Gasteiger partial charge in [0.05, 0.1) is 23.5 Å². The van der Waals surface area contributed by atoms with E-state index in [1.165, 1.54) is 0 Å². The van der Waals surface area contributed by atoms with Crippen LogP contribution in [0, 0.1) is 13.8 Å². The maximum atomic E-state index is 12.6.